The number of H-pyrrole nitrogens is 1. The van der Waals surface area contributed by atoms with Gasteiger partial charge in [0.1, 0.15) is 5.82 Å². The number of aromatic nitrogens is 1. The first kappa shape index (κ1) is 16.9. The Kier molecular flexibility index (Phi) is 3.88. The van der Waals surface area contributed by atoms with Crippen LogP contribution in [0.4, 0.5) is 4.39 Å². The van der Waals surface area contributed by atoms with Crippen LogP contribution in [0, 0.1) is 5.82 Å². The Balaban J connectivity index is 1.76. The summed E-state index contributed by atoms with van der Waals surface area (Å²) in [7, 11) is 0. The molecule has 0 atom stereocenters. The molecule has 0 unspecified atom stereocenters. The molecule has 3 nitrogen and oxygen atoms in total. The van der Waals surface area contributed by atoms with E-state index >= 15 is 0 Å². The Morgan fingerprint density at radius 3 is 2.77 bits per heavy atom. The van der Waals surface area contributed by atoms with Crippen LogP contribution in [0.5, 0.6) is 0 Å². The van der Waals surface area contributed by atoms with E-state index in [4.69, 9.17) is 11.6 Å². The lowest BCUT2D eigenvalue weighted by molar-refractivity contribution is 0.0801. The van der Waals surface area contributed by atoms with Crippen molar-refractivity contribution >= 4 is 34.5 Å². The van der Waals surface area contributed by atoms with Gasteiger partial charge in [-0.2, -0.15) is 0 Å². The highest BCUT2D eigenvalue weighted by Gasteiger charge is 2.33. The molecular formula is C21H18ClFN2O. The summed E-state index contributed by atoms with van der Waals surface area (Å²) in [5.41, 5.74) is 3.28. The minimum Gasteiger partial charge on any atom is -0.355 e. The summed E-state index contributed by atoms with van der Waals surface area (Å²) in [6.45, 7) is 4.72. The molecule has 0 spiro atoms. The number of fused-ring (bicyclic) bond motifs is 3. The van der Waals surface area contributed by atoms with Crippen LogP contribution in [0.3, 0.4) is 0 Å². The summed E-state index contributed by atoms with van der Waals surface area (Å²) in [6, 6.07) is 12.0. The van der Waals surface area contributed by atoms with Gasteiger partial charge in [0.2, 0.25) is 0 Å². The maximum atomic E-state index is 13.3. The largest absolute Gasteiger partial charge is 0.355 e. The van der Waals surface area contributed by atoms with Crippen molar-refractivity contribution in [1.82, 2.24) is 9.88 Å². The molecule has 0 radical (unpaired) electrons. The third-order valence-electron chi connectivity index (χ3n) is 4.82. The molecule has 3 aromatic rings. The van der Waals surface area contributed by atoms with E-state index in [-0.39, 0.29) is 16.3 Å². The Morgan fingerprint density at radius 2 is 2.00 bits per heavy atom. The topological polar surface area (TPSA) is 36.1 Å². The highest BCUT2D eigenvalue weighted by Crippen LogP contribution is 2.37. The highest BCUT2D eigenvalue weighted by molar-refractivity contribution is 6.33. The molecule has 1 aliphatic rings. The fourth-order valence-electron chi connectivity index (χ4n) is 3.70. The SMILES string of the molecule is CC1(C)CN(C(=O)c2ccc(F)cc2Cl)C=Cc2[nH]c3ccccc3c21. The number of rotatable bonds is 1. The number of halogens is 2. The van der Waals surface area contributed by atoms with Gasteiger partial charge in [0, 0.05) is 34.8 Å². The van der Waals surface area contributed by atoms with Crippen molar-refractivity contribution in [2.75, 3.05) is 6.54 Å². The summed E-state index contributed by atoms with van der Waals surface area (Å²) in [5.74, 6) is -0.700. The van der Waals surface area contributed by atoms with Crippen LogP contribution in [0.15, 0.2) is 48.7 Å². The smallest absolute Gasteiger partial charge is 0.259 e. The summed E-state index contributed by atoms with van der Waals surface area (Å²) < 4.78 is 13.3. The molecule has 2 heterocycles. The Hall–Kier alpha value is -2.59. The lowest BCUT2D eigenvalue weighted by Crippen LogP contribution is -2.37. The highest BCUT2D eigenvalue weighted by atomic mass is 35.5. The average Bonchev–Trinajstić information content (AvgIpc) is 2.91. The van der Waals surface area contributed by atoms with Gasteiger partial charge in [0.25, 0.3) is 5.91 Å². The third kappa shape index (κ3) is 2.71. The van der Waals surface area contributed by atoms with Crippen molar-refractivity contribution in [3.8, 4) is 0 Å². The fraction of sp³-hybridized carbons (Fsp3) is 0.190. The molecule has 2 aromatic carbocycles. The van der Waals surface area contributed by atoms with Crippen LogP contribution in [-0.2, 0) is 5.41 Å². The second kappa shape index (κ2) is 5.99. The van der Waals surface area contributed by atoms with Gasteiger partial charge >= 0.3 is 0 Å². The molecule has 1 amide bonds. The number of benzene rings is 2. The molecule has 4 rings (SSSR count). The number of hydrogen-bond acceptors (Lipinski definition) is 1. The number of nitrogens with one attached hydrogen (secondary N) is 1. The van der Waals surface area contributed by atoms with Crippen LogP contribution >= 0.6 is 11.6 Å². The predicted octanol–water partition coefficient (Wildman–Crippen LogP) is 5.36. The summed E-state index contributed by atoms with van der Waals surface area (Å²) in [5, 5.41) is 1.28. The molecule has 1 N–H and O–H groups in total. The Morgan fingerprint density at radius 1 is 1.23 bits per heavy atom. The molecule has 1 aliphatic heterocycles. The Labute approximate surface area is 156 Å². The Bertz CT molecular complexity index is 1050. The van der Waals surface area contributed by atoms with E-state index in [0.717, 1.165) is 22.7 Å². The lowest BCUT2D eigenvalue weighted by atomic mass is 9.82. The zero-order valence-corrected chi connectivity index (χ0v) is 15.3. The van der Waals surface area contributed by atoms with Crippen molar-refractivity contribution in [2.45, 2.75) is 19.3 Å². The molecule has 0 fully saturated rings. The van der Waals surface area contributed by atoms with E-state index in [1.54, 1.807) is 11.1 Å². The van der Waals surface area contributed by atoms with Crippen LogP contribution < -0.4 is 0 Å². The zero-order valence-electron chi connectivity index (χ0n) is 14.5. The molecule has 1 aromatic heterocycles. The molecule has 0 aliphatic carbocycles. The van der Waals surface area contributed by atoms with Crippen molar-refractivity contribution < 1.29 is 9.18 Å². The van der Waals surface area contributed by atoms with E-state index in [2.05, 4.69) is 31.0 Å². The third-order valence-corrected chi connectivity index (χ3v) is 5.13. The molecule has 26 heavy (non-hydrogen) atoms. The molecule has 0 saturated heterocycles. The second-order valence-electron chi connectivity index (χ2n) is 7.22. The van der Waals surface area contributed by atoms with Gasteiger partial charge < -0.3 is 9.88 Å². The molecule has 0 saturated carbocycles. The standard InChI is InChI=1S/C21H18ClFN2O/c1-21(2)12-25(20(26)14-8-7-13(23)11-16(14)22)10-9-18-19(21)15-5-3-4-6-17(15)24-18/h3-11,24H,12H2,1-2H3. The van der Waals surface area contributed by atoms with Crippen molar-refractivity contribution in [3.63, 3.8) is 0 Å². The van der Waals surface area contributed by atoms with Gasteiger partial charge in [-0.05, 0) is 35.9 Å². The minimum atomic E-state index is -0.459. The quantitative estimate of drug-likeness (QED) is 0.616. The maximum Gasteiger partial charge on any atom is 0.259 e. The monoisotopic (exact) mass is 368 g/mol. The summed E-state index contributed by atoms with van der Waals surface area (Å²) in [4.78, 5) is 18.0. The number of carbonyl (C=O) groups is 1. The van der Waals surface area contributed by atoms with E-state index in [9.17, 15) is 9.18 Å². The van der Waals surface area contributed by atoms with Gasteiger partial charge in [-0.25, -0.2) is 4.39 Å². The number of para-hydroxylation sites is 1. The number of nitrogens with zero attached hydrogens (tertiary/aromatic N) is 1. The van der Waals surface area contributed by atoms with Crippen LogP contribution in [0.2, 0.25) is 5.02 Å². The summed E-state index contributed by atoms with van der Waals surface area (Å²) in [6.07, 6.45) is 3.68. The van der Waals surface area contributed by atoms with Crippen molar-refractivity contribution in [1.29, 1.82) is 0 Å². The first-order chi connectivity index (χ1) is 12.4. The average molecular weight is 369 g/mol. The van der Waals surface area contributed by atoms with E-state index in [1.165, 1.54) is 17.7 Å². The second-order valence-corrected chi connectivity index (χ2v) is 7.62. The molecule has 5 heteroatoms. The van der Waals surface area contributed by atoms with Crippen molar-refractivity contribution in [2.24, 2.45) is 0 Å². The maximum absolute atomic E-state index is 13.3. The van der Waals surface area contributed by atoms with Crippen LogP contribution in [-0.4, -0.2) is 22.3 Å². The molecule has 132 valence electrons. The minimum absolute atomic E-state index is 0.120. The van der Waals surface area contributed by atoms with Crippen molar-refractivity contribution in [3.05, 3.63) is 76.3 Å². The van der Waals surface area contributed by atoms with Gasteiger partial charge in [-0.3, -0.25) is 4.79 Å². The van der Waals surface area contributed by atoms with Gasteiger partial charge in [0.15, 0.2) is 0 Å². The predicted molar refractivity (Wildman–Crippen MR) is 103 cm³/mol. The van der Waals surface area contributed by atoms with E-state index < -0.39 is 5.82 Å². The lowest BCUT2D eigenvalue weighted by Gasteiger charge is -2.30. The number of hydrogen-bond donors (Lipinski definition) is 1. The zero-order chi connectivity index (χ0) is 18.5. The van der Waals surface area contributed by atoms with Gasteiger partial charge in [0.05, 0.1) is 10.6 Å². The van der Waals surface area contributed by atoms with E-state index in [0.29, 0.717) is 12.1 Å². The van der Waals surface area contributed by atoms with Gasteiger partial charge in [-0.15, -0.1) is 0 Å². The first-order valence-electron chi connectivity index (χ1n) is 8.42. The van der Waals surface area contributed by atoms with Crippen LogP contribution in [0.1, 0.15) is 35.5 Å². The normalized spacial score (nSPS) is 15.8. The molecule has 0 bridgehead atoms. The number of carbonyl (C=O) groups excluding carboxylic acids is 1. The number of amides is 1. The first-order valence-corrected chi connectivity index (χ1v) is 8.80. The number of aromatic amines is 1. The van der Waals surface area contributed by atoms with Crippen LogP contribution in [0.25, 0.3) is 17.0 Å². The van der Waals surface area contributed by atoms with E-state index in [1.807, 2.05) is 18.2 Å². The molecular weight excluding hydrogens is 351 g/mol. The van der Waals surface area contributed by atoms with Gasteiger partial charge in [-0.1, -0.05) is 43.6 Å². The summed E-state index contributed by atoms with van der Waals surface area (Å²) >= 11 is 6.08. The fourth-order valence-corrected chi connectivity index (χ4v) is 3.94.